The molecule has 0 spiro atoms. The van der Waals surface area contributed by atoms with Gasteiger partial charge in [0, 0.05) is 13.7 Å². The molecule has 1 unspecified atom stereocenters. The van der Waals surface area contributed by atoms with Crippen LogP contribution in [0.25, 0.3) is 0 Å². The zero-order chi connectivity index (χ0) is 10.4. The van der Waals surface area contributed by atoms with Gasteiger partial charge in [-0.3, -0.25) is 0 Å². The fourth-order valence-electron chi connectivity index (χ4n) is 1.54. The Kier molecular flexibility index (Phi) is 4.63. The molecule has 2 heteroatoms. The molecule has 1 atom stereocenters. The average molecular weight is 193 g/mol. The van der Waals surface area contributed by atoms with Crippen LogP contribution < -0.4 is 5.32 Å². The molecule has 14 heavy (non-hydrogen) atoms. The van der Waals surface area contributed by atoms with Gasteiger partial charge in [-0.2, -0.15) is 0 Å². The van der Waals surface area contributed by atoms with Crippen LogP contribution in [0.1, 0.15) is 24.2 Å². The number of hydrogen-bond donors (Lipinski definition) is 1. The van der Waals surface area contributed by atoms with Crippen molar-refractivity contribution in [1.29, 1.82) is 0 Å². The van der Waals surface area contributed by atoms with Gasteiger partial charge in [0.05, 0.1) is 6.10 Å². The van der Waals surface area contributed by atoms with Crippen molar-refractivity contribution in [2.24, 2.45) is 0 Å². The highest BCUT2D eigenvalue weighted by atomic mass is 16.5. The Balaban J connectivity index is 2.73. The van der Waals surface area contributed by atoms with Crippen LogP contribution in [0, 0.1) is 6.92 Å². The van der Waals surface area contributed by atoms with Crippen molar-refractivity contribution in [3.63, 3.8) is 0 Å². The summed E-state index contributed by atoms with van der Waals surface area (Å²) in [5, 5.41) is 3.30. The van der Waals surface area contributed by atoms with Crippen molar-refractivity contribution in [2.75, 3.05) is 20.2 Å². The molecular weight excluding hydrogens is 174 g/mol. The maximum atomic E-state index is 5.46. The molecule has 0 saturated heterocycles. The molecule has 0 fully saturated rings. The number of benzene rings is 1. The van der Waals surface area contributed by atoms with Crippen LogP contribution in [0.5, 0.6) is 0 Å². The van der Waals surface area contributed by atoms with Crippen molar-refractivity contribution < 1.29 is 4.74 Å². The molecule has 1 aromatic carbocycles. The lowest BCUT2D eigenvalue weighted by atomic mass is 10.0. The Labute approximate surface area is 86.3 Å². The summed E-state index contributed by atoms with van der Waals surface area (Å²) < 4.78 is 5.46. The maximum Gasteiger partial charge on any atom is 0.0947 e. The smallest absolute Gasteiger partial charge is 0.0947 e. The number of methoxy groups -OCH3 is 1. The van der Waals surface area contributed by atoms with Crippen LogP contribution in [-0.4, -0.2) is 20.2 Å². The van der Waals surface area contributed by atoms with Crippen LogP contribution in [-0.2, 0) is 4.74 Å². The summed E-state index contributed by atoms with van der Waals surface area (Å²) in [6.45, 7) is 6.07. The normalized spacial score (nSPS) is 12.8. The second-order valence-electron chi connectivity index (χ2n) is 3.39. The third-order valence-electron chi connectivity index (χ3n) is 2.40. The Morgan fingerprint density at radius 2 is 2.07 bits per heavy atom. The van der Waals surface area contributed by atoms with Crippen LogP contribution >= 0.6 is 0 Å². The Morgan fingerprint density at radius 3 is 2.64 bits per heavy atom. The quantitative estimate of drug-likeness (QED) is 0.774. The first-order chi connectivity index (χ1) is 6.79. The van der Waals surface area contributed by atoms with Crippen molar-refractivity contribution >= 4 is 0 Å². The summed E-state index contributed by atoms with van der Waals surface area (Å²) in [5.74, 6) is 0. The van der Waals surface area contributed by atoms with E-state index in [1.807, 2.05) is 0 Å². The van der Waals surface area contributed by atoms with Crippen molar-refractivity contribution in [2.45, 2.75) is 20.0 Å². The monoisotopic (exact) mass is 193 g/mol. The van der Waals surface area contributed by atoms with E-state index < -0.39 is 0 Å². The lowest BCUT2D eigenvalue weighted by Gasteiger charge is -2.17. The van der Waals surface area contributed by atoms with Gasteiger partial charge in [-0.05, 0) is 24.6 Å². The maximum absolute atomic E-state index is 5.46. The molecule has 0 heterocycles. The average Bonchev–Trinajstić information content (AvgIpc) is 2.21. The van der Waals surface area contributed by atoms with Gasteiger partial charge in [-0.15, -0.1) is 0 Å². The molecule has 0 saturated carbocycles. The molecule has 1 aromatic rings. The lowest BCUT2D eigenvalue weighted by molar-refractivity contribution is 0.102. The Hall–Kier alpha value is -0.860. The predicted molar refractivity (Wildman–Crippen MR) is 59.5 cm³/mol. The largest absolute Gasteiger partial charge is 0.375 e. The van der Waals surface area contributed by atoms with Crippen molar-refractivity contribution in [3.8, 4) is 0 Å². The van der Waals surface area contributed by atoms with E-state index in [1.54, 1.807) is 7.11 Å². The van der Waals surface area contributed by atoms with Gasteiger partial charge < -0.3 is 10.1 Å². The van der Waals surface area contributed by atoms with E-state index in [1.165, 1.54) is 11.1 Å². The minimum absolute atomic E-state index is 0.163. The predicted octanol–water partition coefficient (Wildman–Crippen LogP) is 2.29. The molecular formula is C12H19NO. The van der Waals surface area contributed by atoms with Gasteiger partial charge in [0.15, 0.2) is 0 Å². The molecule has 0 radical (unpaired) electrons. The molecule has 2 nitrogen and oxygen atoms in total. The standard InChI is InChI=1S/C12H19NO/c1-4-13-9-12(14-3)11-8-6-5-7-10(11)2/h5-8,12-13H,4,9H2,1-3H3. The summed E-state index contributed by atoms with van der Waals surface area (Å²) >= 11 is 0. The Bertz CT molecular complexity index is 273. The number of rotatable bonds is 5. The summed E-state index contributed by atoms with van der Waals surface area (Å²) in [6.07, 6.45) is 0.163. The number of ether oxygens (including phenoxy) is 1. The number of aryl methyl sites for hydroxylation is 1. The first kappa shape index (κ1) is 11.2. The number of nitrogens with one attached hydrogen (secondary N) is 1. The van der Waals surface area contributed by atoms with Gasteiger partial charge >= 0.3 is 0 Å². The van der Waals surface area contributed by atoms with Gasteiger partial charge in [0.2, 0.25) is 0 Å². The summed E-state index contributed by atoms with van der Waals surface area (Å²) in [7, 11) is 1.76. The van der Waals surface area contributed by atoms with Crippen molar-refractivity contribution in [3.05, 3.63) is 35.4 Å². The first-order valence-electron chi connectivity index (χ1n) is 5.08. The van der Waals surface area contributed by atoms with Crippen LogP contribution in [0.15, 0.2) is 24.3 Å². The number of likely N-dealkylation sites (N-methyl/N-ethyl adjacent to an activating group) is 1. The van der Waals surface area contributed by atoms with Gasteiger partial charge in [0.25, 0.3) is 0 Å². The van der Waals surface area contributed by atoms with E-state index in [4.69, 9.17) is 4.74 Å². The van der Waals surface area contributed by atoms with E-state index in [-0.39, 0.29) is 6.10 Å². The summed E-state index contributed by atoms with van der Waals surface area (Å²) in [4.78, 5) is 0. The lowest BCUT2D eigenvalue weighted by Crippen LogP contribution is -2.22. The number of hydrogen-bond acceptors (Lipinski definition) is 2. The van der Waals surface area contributed by atoms with Crippen LogP contribution in [0.3, 0.4) is 0 Å². The molecule has 0 aliphatic heterocycles. The van der Waals surface area contributed by atoms with Crippen molar-refractivity contribution in [1.82, 2.24) is 5.32 Å². The molecule has 0 aliphatic carbocycles. The highest BCUT2D eigenvalue weighted by molar-refractivity contribution is 5.28. The third-order valence-corrected chi connectivity index (χ3v) is 2.40. The Morgan fingerprint density at radius 1 is 1.36 bits per heavy atom. The summed E-state index contributed by atoms with van der Waals surface area (Å²) in [6, 6.07) is 8.35. The van der Waals surface area contributed by atoms with Gasteiger partial charge in [-0.25, -0.2) is 0 Å². The van der Waals surface area contributed by atoms with E-state index >= 15 is 0 Å². The molecule has 0 amide bonds. The zero-order valence-electron chi connectivity index (χ0n) is 9.21. The van der Waals surface area contributed by atoms with E-state index in [2.05, 4.69) is 43.4 Å². The molecule has 78 valence electrons. The topological polar surface area (TPSA) is 21.3 Å². The fraction of sp³-hybridized carbons (Fsp3) is 0.500. The van der Waals surface area contributed by atoms with E-state index in [9.17, 15) is 0 Å². The summed E-state index contributed by atoms with van der Waals surface area (Å²) in [5.41, 5.74) is 2.56. The minimum Gasteiger partial charge on any atom is -0.375 e. The van der Waals surface area contributed by atoms with Crippen LogP contribution in [0.2, 0.25) is 0 Å². The van der Waals surface area contributed by atoms with Gasteiger partial charge in [0.1, 0.15) is 0 Å². The highest BCUT2D eigenvalue weighted by Crippen LogP contribution is 2.19. The van der Waals surface area contributed by atoms with E-state index in [0.717, 1.165) is 13.1 Å². The molecule has 0 bridgehead atoms. The van der Waals surface area contributed by atoms with E-state index in [0.29, 0.717) is 0 Å². The fourth-order valence-corrected chi connectivity index (χ4v) is 1.54. The second kappa shape index (κ2) is 5.78. The van der Waals surface area contributed by atoms with Crippen LogP contribution in [0.4, 0.5) is 0 Å². The highest BCUT2D eigenvalue weighted by Gasteiger charge is 2.10. The van der Waals surface area contributed by atoms with Gasteiger partial charge in [-0.1, -0.05) is 31.2 Å². The molecule has 1 rings (SSSR count). The zero-order valence-corrected chi connectivity index (χ0v) is 9.21. The SMILES string of the molecule is CCNCC(OC)c1ccccc1C. The first-order valence-corrected chi connectivity index (χ1v) is 5.08. The molecule has 0 aromatic heterocycles. The molecule has 0 aliphatic rings. The third kappa shape index (κ3) is 2.82. The molecule has 1 N–H and O–H groups in total. The minimum atomic E-state index is 0.163. The second-order valence-corrected chi connectivity index (χ2v) is 3.39.